The number of ether oxygens (including phenoxy) is 1. The van der Waals surface area contributed by atoms with E-state index in [0.717, 1.165) is 0 Å². The summed E-state index contributed by atoms with van der Waals surface area (Å²) in [5.41, 5.74) is 4.00. The fraction of sp³-hybridized carbons (Fsp3) is 0.160. The summed E-state index contributed by atoms with van der Waals surface area (Å²) in [6, 6.07) is 17.3. The maximum atomic E-state index is 13.4. The van der Waals surface area contributed by atoms with E-state index in [9.17, 15) is 19.2 Å². The Kier molecular flexibility index (Phi) is 7.71. The number of thiocarbonyl (C=S) groups is 1. The molecule has 1 atom stereocenters. The average molecular weight is 523 g/mol. The Balaban J connectivity index is 1.52. The van der Waals surface area contributed by atoms with E-state index < -0.39 is 29.7 Å². The molecule has 11 heteroatoms. The van der Waals surface area contributed by atoms with E-state index in [-0.39, 0.29) is 18.1 Å². The number of nitrogens with one attached hydrogen (secondary N) is 2. The minimum Gasteiger partial charge on any atom is -0.462 e. The van der Waals surface area contributed by atoms with Crippen molar-refractivity contribution in [2.24, 2.45) is 0 Å². The van der Waals surface area contributed by atoms with Gasteiger partial charge in [0.05, 0.1) is 29.2 Å². The van der Waals surface area contributed by atoms with E-state index >= 15 is 0 Å². The number of carbonyl (C=O) groups excluding carboxylic acids is 4. The minimum atomic E-state index is -1.06. The van der Waals surface area contributed by atoms with Crippen LogP contribution in [0.5, 0.6) is 0 Å². The highest BCUT2D eigenvalue weighted by Crippen LogP contribution is 2.26. The van der Waals surface area contributed by atoms with E-state index in [1.165, 1.54) is 33.4 Å². The third-order valence-electron chi connectivity index (χ3n) is 5.25. The molecule has 36 heavy (non-hydrogen) atoms. The van der Waals surface area contributed by atoms with Crippen LogP contribution in [-0.2, 0) is 14.3 Å². The van der Waals surface area contributed by atoms with Crippen molar-refractivity contribution in [3.05, 3.63) is 82.6 Å². The normalized spacial score (nSPS) is 15.1. The molecule has 1 aliphatic rings. The molecule has 2 heterocycles. The summed E-state index contributed by atoms with van der Waals surface area (Å²) in [5.74, 6) is -1.80. The molecule has 0 radical (unpaired) electrons. The Morgan fingerprint density at radius 1 is 1.03 bits per heavy atom. The molecule has 1 aliphatic heterocycles. The van der Waals surface area contributed by atoms with Crippen molar-refractivity contribution in [1.29, 1.82) is 0 Å². The van der Waals surface area contributed by atoms with Gasteiger partial charge in [-0.25, -0.2) is 9.80 Å². The van der Waals surface area contributed by atoms with Crippen LogP contribution in [-0.4, -0.2) is 46.5 Å². The van der Waals surface area contributed by atoms with Crippen molar-refractivity contribution in [3.63, 3.8) is 0 Å². The molecule has 0 aliphatic carbocycles. The van der Waals surface area contributed by atoms with Crippen molar-refractivity contribution >= 4 is 63.7 Å². The van der Waals surface area contributed by atoms with Crippen LogP contribution in [0.2, 0.25) is 0 Å². The van der Waals surface area contributed by atoms with Gasteiger partial charge in [-0.2, -0.15) is 0 Å². The molecule has 2 aromatic carbocycles. The number of anilines is 2. The van der Waals surface area contributed by atoms with Gasteiger partial charge in [0, 0.05) is 5.69 Å². The van der Waals surface area contributed by atoms with Crippen molar-refractivity contribution in [3.8, 4) is 0 Å². The number of hydrogen-bond acceptors (Lipinski definition) is 7. The van der Waals surface area contributed by atoms with Gasteiger partial charge < -0.3 is 10.1 Å². The highest BCUT2D eigenvalue weighted by molar-refractivity contribution is 7.80. The second kappa shape index (κ2) is 11.1. The first-order chi connectivity index (χ1) is 17.4. The summed E-state index contributed by atoms with van der Waals surface area (Å²) >= 11 is 6.78. The van der Waals surface area contributed by atoms with Gasteiger partial charge in [0.1, 0.15) is 6.04 Å². The first-order valence-corrected chi connectivity index (χ1v) is 12.3. The summed E-state index contributed by atoms with van der Waals surface area (Å²) in [4.78, 5) is 52.6. The summed E-state index contributed by atoms with van der Waals surface area (Å²) in [5, 5.41) is 5.80. The van der Waals surface area contributed by atoms with Gasteiger partial charge >= 0.3 is 5.97 Å². The number of hydrazine groups is 1. The minimum absolute atomic E-state index is 0.0627. The standard InChI is InChI=1S/C25H22N4O5S2/c1-2-34-24(33)16-10-12-17(13-11-16)26-21(30)15-19-23(32)28(18-7-4-3-5-8-18)25(35)29(19)27-22(31)20-9-6-14-36-20/h3-14,19H,2,15H2,1H3,(H,26,30)(H,27,31). The predicted molar refractivity (Wildman–Crippen MR) is 140 cm³/mol. The molecule has 1 aromatic heterocycles. The highest BCUT2D eigenvalue weighted by Gasteiger charge is 2.45. The van der Waals surface area contributed by atoms with Gasteiger partial charge in [-0.05, 0) is 67.0 Å². The average Bonchev–Trinajstić information content (AvgIpc) is 3.49. The molecule has 184 valence electrons. The third-order valence-corrected chi connectivity index (χ3v) is 6.50. The SMILES string of the molecule is CCOC(=O)c1ccc(NC(=O)CC2C(=O)N(c3ccccc3)C(=S)N2NC(=O)c2cccs2)cc1. The first kappa shape index (κ1) is 25.0. The first-order valence-electron chi connectivity index (χ1n) is 11.0. The third kappa shape index (κ3) is 5.42. The van der Waals surface area contributed by atoms with E-state index in [0.29, 0.717) is 21.8 Å². The van der Waals surface area contributed by atoms with E-state index in [1.807, 2.05) is 6.07 Å². The molecule has 1 fully saturated rings. The molecular formula is C25H22N4O5S2. The van der Waals surface area contributed by atoms with Crippen molar-refractivity contribution in [2.45, 2.75) is 19.4 Å². The Labute approximate surface area is 216 Å². The fourth-order valence-corrected chi connectivity index (χ4v) is 4.56. The van der Waals surface area contributed by atoms with Gasteiger partial charge in [0.15, 0.2) is 0 Å². The van der Waals surface area contributed by atoms with E-state index in [4.69, 9.17) is 17.0 Å². The van der Waals surface area contributed by atoms with Crippen molar-refractivity contribution in [2.75, 3.05) is 16.8 Å². The van der Waals surface area contributed by atoms with Crippen LogP contribution in [0.4, 0.5) is 11.4 Å². The van der Waals surface area contributed by atoms with E-state index in [2.05, 4.69) is 10.7 Å². The molecule has 9 nitrogen and oxygen atoms in total. The second-order valence-corrected chi connectivity index (χ2v) is 8.96. The zero-order valence-electron chi connectivity index (χ0n) is 19.2. The summed E-state index contributed by atoms with van der Waals surface area (Å²) in [6.45, 7) is 1.97. The van der Waals surface area contributed by atoms with Crippen LogP contribution < -0.4 is 15.6 Å². The van der Waals surface area contributed by atoms with Gasteiger partial charge in [-0.3, -0.25) is 24.7 Å². The molecule has 3 amide bonds. The van der Waals surface area contributed by atoms with Crippen molar-refractivity contribution < 1.29 is 23.9 Å². The summed E-state index contributed by atoms with van der Waals surface area (Å²) < 4.78 is 4.96. The molecule has 1 saturated heterocycles. The van der Waals surface area contributed by atoms with Gasteiger partial charge in [0.25, 0.3) is 11.8 Å². The number of carbonyl (C=O) groups is 4. The monoisotopic (exact) mass is 522 g/mol. The molecule has 1 unspecified atom stereocenters. The van der Waals surface area contributed by atoms with Crippen LogP contribution in [0.25, 0.3) is 0 Å². The lowest BCUT2D eigenvalue weighted by Gasteiger charge is -2.24. The highest BCUT2D eigenvalue weighted by atomic mass is 32.1. The number of amides is 3. The summed E-state index contributed by atoms with van der Waals surface area (Å²) in [6.07, 6.45) is -0.271. The molecular weight excluding hydrogens is 500 g/mol. The lowest BCUT2D eigenvalue weighted by molar-refractivity contribution is -0.124. The Morgan fingerprint density at radius 2 is 1.75 bits per heavy atom. The molecule has 0 saturated carbocycles. The van der Waals surface area contributed by atoms with E-state index in [1.54, 1.807) is 60.8 Å². The second-order valence-electron chi connectivity index (χ2n) is 7.65. The number of nitrogens with zero attached hydrogens (tertiary/aromatic N) is 2. The smallest absolute Gasteiger partial charge is 0.338 e. The topological polar surface area (TPSA) is 108 Å². The Hall–Kier alpha value is -4.09. The lowest BCUT2D eigenvalue weighted by Crippen LogP contribution is -2.49. The Morgan fingerprint density at radius 3 is 2.39 bits per heavy atom. The molecule has 4 rings (SSSR count). The zero-order valence-corrected chi connectivity index (χ0v) is 20.8. The van der Waals surface area contributed by atoms with Gasteiger partial charge in [-0.1, -0.05) is 24.3 Å². The van der Waals surface area contributed by atoms with Crippen LogP contribution in [0.15, 0.2) is 72.1 Å². The van der Waals surface area contributed by atoms with Gasteiger partial charge in [-0.15, -0.1) is 11.3 Å². The number of benzene rings is 2. The molecule has 3 aromatic rings. The Bertz CT molecular complexity index is 1280. The number of rotatable bonds is 8. The molecule has 2 N–H and O–H groups in total. The number of para-hydroxylation sites is 1. The van der Waals surface area contributed by atoms with Crippen LogP contribution in [0, 0.1) is 0 Å². The van der Waals surface area contributed by atoms with Crippen LogP contribution >= 0.6 is 23.6 Å². The zero-order chi connectivity index (χ0) is 25.7. The van der Waals surface area contributed by atoms with Crippen LogP contribution in [0.1, 0.15) is 33.4 Å². The number of thiophene rings is 1. The fourth-order valence-electron chi connectivity index (χ4n) is 3.58. The quantitative estimate of drug-likeness (QED) is 0.344. The summed E-state index contributed by atoms with van der Waals surface area (Å²) in [7, 11) is 0. The maximum absolute atomic E-state index is 13.4. The molecule has 0 spiro atoms. The number of hydrogen-bond donors (Lipinski definition) is 2. The maximum Gasteiger partial charge on any atom is 0.338 e. The number of esters is 1. The van der Waals surface area contributed by atoms with Crippen molar-refractivity contribution in [1.82, 2.24) is 10.4 Å². The lowest BCUT2D eigenvalue weighted by atomic mass is 10.1. The largest absolute Gasteiger partial charge is 0.462 e. The predicted octanol–water partition coefficient (Wildman–Crippen LogP) is 3.60. The molecule has 0 bridgehead atoms. The van der Waals surface area contributed by atoms with Gasteiger partial charge in [0.2, 0.25) is 11.0 Å². The van der Waals surface area contributed by atoms with Crippen LogP contribution in [0.3, 0.4) is 0 Å².